The number of halogens is 1. The zero-order valence-electron chi connectivity index (χ0n) is 24.6. The molecule has 1 aliphatic heterocycles. The molecule has 0 radical (unpaired) electrons. The predicted octanol–water partition coefficient (Wildman–Crippen LogP) is 5.36. The number of carbonyl (C=O) groups excluding carboxylic acids is 1. The fourth-order valence-electron chi connectivity index (χ4n) is 5.07. The lowest BCUT2D eigenvalue weighted by molar-refractivity contribution is -0.154. The first kappa shape index (κ1) is 32.0. The standard InChI is InChI=1S/C27H38ClN8O5PS/c1-16-13-20(39-24(16)36-15-30-21-22(33-35-43-4)31-26(29)32-23(21)36)14-38-42(41-19-11-9-17(28)10-12-19)34-27(2,3)25(37)40-18-7-5-6-8-18/h9-12,15-16,18,20,24,34-35H,5-8,13-14H2,1-4H3,(H3,29,31,32,33)/t16?,20?,24-,42?/m1/s1. The van der Waals surface area contributed by atoms with Crippen LogP contribution in [0.25, 0.3) is 11.2 Å². The number of nitrogens with zero attached hydrogens (tertiary/aromatic N) is 4. The van der Waals surface area contributed by atoms with Crippen molar-refractivity contribution >= 4 is 61.0 Å². The van der Waals surface area contributed by atoms with Gasteiger partial charge in [-0.1, -0.05) is 30.5 Å². The van der Waals surface area contributed by atoms with Gasteiger partial charge in [-0.3, -0.25) is 14.8 Å². The molecular weight excluding hydrogens is 615 g/mol. The number of fused-ring (bicyclic) bond motifs is 1. The zero-order chi connectivity index (χ0) is 30.6. The third-order valence-electron chi connectivity index (χ3n) is 7.27. The molecule has 1 saturated carbocycles. The summed E-state index contributed by atoms with van der Waals surface area (Å²) in [5.74, 6) is 0.943. The SMILES string of the molecule is CSNNc1nc(N)nc2c1ncn2[C@@H]1OC(COP(NC(C)(C)C(=O)OC2CCCC2)Oc2ccc(Cl)cc2)CC1C. The van der Waals surface area contributed by atoms with Gasteiger partial charge in [0.2, 0.25) is 5.95 Å². The van der Waals surface area contributed by atoms with E-state index in [1.165, 1.54) is 11.9 Å². The van der Waals surface area contributed by atoms with Gasteiger partial charge in [0.05, 0.1) is 19.0 Å². The summed E-state index contributed by atoms with van der Waals surface area (Å²) in [5, 5.41) is 3.84. The van der Waals surface area contributed by atoms with Gasteiger partial charge in [-0.15, -0.1) is 0 Å². The summed E-state index contributed by atoms with van der Waals surface area (Å²) in [5.41, 5.74) is 9.08. The van der Waals surface area contributed by atoms with Crippen LogP contribution >= 0.6 is 32.1 Å². The fraction of sp³-hybridized carbons (Fsp3) is 0.556. The molecule has 3 aromatic rings. The number of imidazole rings is 1. The molecule has 5 N–H and O–H groups in total. The molecule has 4 atom stereocenters. The lowest BCUT2D eigenvalue weighted by Gasteiger charge is -2.30. The fourth-order valence-corrected chi connectivity index (χ4v) is 6.72. The van der Waals surface area contributed by atoms with Gasteiger partial charge >= 0.3 is 14.5 Å². The number of nitrogens with one attached hydrogen (secondary N) is 3. The summed E-state index contributed by atoms with van der Waals surface area (Å²) in [7, 11) is -1.77. The number of benzene rings is 1. The number of nitrogens with two attached hydrogens (primary N) is 1. The number of nitrogen functional groups attached to an aromatic ring is 1. The highest BCUT2D eigenvalue weighted by Gasteiger charge is 2.39. The van der Waals surface area contributed by atoms with Gasteiger partial charge in [0, 0.05) is 10.9 Å². The van der Waals surface area contributed by atoms with Gasteiger partial charge in [0.1, 0.15) is 23.6 Å². The molecule has 3 heterocycles. The Morgan fingerprint density at radius 1 is 1.26 bits per heavy atom. The van der Waals surface area contributed by atoms with Crippen LogP contribution in [0.4, 0.5) is 11.8 Å². The minimum atomic E-state index is -1.77. The van der Waals surface area contributed by atoms with Crippen molar-refractivity contribution in [2.45, 2.75) is 76.9 Å². The van der Waals surface area contributed by atoms with Crippen LogP contribution in [0.3, 0.4) is 0 Å². The number of anilines is 2. The quantitative estimate of drug-likeness (QED) is 0.0810. The minimum absolute atomic E-state index is 0.0447. The Hall–Kier alpha value is -2.45. The van der Waals surface area contributed by atoms with Crippen LogP contribution < -0.4 is 25.6 Å². The monoisotopic (exact) mass is 652 g/mol. The second kappa shape index (κ2) is 14.1. The van der Waals surface area contributed by atoms with Gasteiger partial charge in [-0.05, 0) is 76.5 Å². The van der Waals surface area contributed by atoms with Gasteiger partial charge in [-0.25, -0.2) is 10.1 Å². The predicted molar refractivity (Wildman–Crippen MR) is 168 cm³/mol. The van der Waals surface area contributed by atoms with Crippen LogP contribution in [0.5, 0.6) is 5.75 Å². The summed E-state index contributed by atoms with van der Waals surface area (Å²) in [6.07, 6.45) is 7.59. The van der Waals surface area contributed by atoms with Crippen molar-refractivity contribution in [3.63, 3.8) is 0 Å². The molecule has 2 aromatic heterocycles. The molecule has 2 fully saturated rings. The second-order valence-corrected chi connectivity index (χ2v) is 13.4. The molecule has 2 aliphatic rings. The number of hydrogen-bond donors (Lipinski definition) is 4. The lowest BCUT2D eigenvalue weighted by Crippen LogP contribution is -2.47. The van der Waals surface area contributed by atoms with Crippen molar-refractivity contribution in [1.82, 2.24) is 29.4 Å². The lowest BCUT2D eigenvalue weighted by atomic mass is 10.1. The average molecular weight is 653 g/mol. The van der Waals surface area contributed by atoms with Gasteiger partial charge < -0.3 is 24.3 Å². The highest BCUT2D eigenvalue weighted by molar-refractivity contribution is 7.96. The summed E-state index contributed by atoms with van der Waals surface area (Å²) in [6.45, 7) is 5.87. The van der Waals surface area contributed by atoms with Gasteiger partial charge in [0.25, 0.3) is 0 Å². The number of aromatic nitrogens is 4. The molecule has 43 heavy (non-hydrogen) atoms. The number of hydrogen-bond acceptors (Lipinski definition) is 13. The van der Waals surface area contributed by atoms with Crippen molar-refractivity contribution in [2.24, 2.45) is 5.92 Å². The maximum absolute atomic E-state index is 13.1. The topological polar surface area (TPSA) is 160 Å². The molecule has 0 bridgehead atoms. The molecule has 0 amide bonds. The number of esters is 1. The summed E-state index contributed by atoms with van der Waals surface area (Å²) in [4.78, 5) is 29.2. The molecule has 3 unspecified atom stereocenters. The Balaban J connectivity index is 1.27. The van der Waals surface area contributed by atoms with Crippen LogP contribution in [-0.4, -0.2) is 56.1 Å². The first-order valence-electron chi connectivity index (χ1n) is 14.2. The second-order valence-electron chi connectivity index (χ2n) is 11.2. The molecule has 1 saturated heterocycles. The largest absolute Gasteiger partial charge is 0.461 e. The zero-order valence-corrected chi connectivity index (χ0v) is 27.0. The van der Waals surface area contributed by atoms with E-state index in [1.54, 1.807) is 44.4 Å². The van der Waals surface area contributed by atoms with E-state index in [0.29, 0.717) is 27.8 Å². The number of rotatable bonds is 13. The molecular formula is C27H38ClN8O5PS. The minimum Gasteiger partial charge on any atom is -0.461 e. The Bertz CT molecular complexity index is 1390. The Labute approximate surface area is 261 Å². The number of carbonyl (C=O) groups is 1. The van der Waals surface area contributed by atoms with Crippen LogP contribution in [0.15, 0.2) is 30.6 Å². The van der Waals surface area contributed by atoms with E-state index >= 15 is 0 Å². The third-order valence-corrected chi connectivity index (χ3v) is 9.33. The van der Waals surface area contributed by atoms with Crippen molar-refractivity contribution in [2.75, 3.05) is 24.0 Å². The van der Waals surface area contributed by atoms with E-state index in [2.05, 4.69) is 37.2 Å². The normalized spacial score (nSPS) is 21.7. The van der Waals surface area contributed by atoms with Crippen molar-refractivity contribution in [3.8, 4) is 5.75 Å². The van der Waals surface area contributed by atoms with Crippen molar-refractivity contribution in [3.05, 3.63) is 35.6 Å². The van der Waals surface area contributed by atoms with Gasteiger partial charge in [0.15, 0.2) is 17.0 Å². The first-order chi connectivity index (χ1) is 20.6. The molecule has 16 heteroatoms. The number of hydrazine groups is 1. The van der Waals surface area contributed by atoms with E-state index in [1.807, 2.05) is 10.8 Å². The molecule has 1 aliphatic carbocycles. The molecule has 234 valence electrons. The van der Waals surface area contributed by atoms with Crippen LogP contribution in [0.1, 0.15) is 59.1 Å². The molecule has 0 spiro atoms. The highest BCUT2D eigenvalue weighted by atomic mass is 35.5. The van der Waals surface area contributed by atoms with Crippen molar-refractivity contribution in [1.29, 1.82) is 0 Å². The first-order valence-corrected chi connectivity index (χ1v) is 17.0. The van der Waals surface area contributed by atoms with E-state index in [0.717, 1.165) is 32.1 Å². The van der Waals surface area contributed by atoms with Gasteiger partial charge in [-0.2, -0.15) is 14.8 Å². The Morgan fingerprint density at radius 2 is 2.00 bits per heavy atom. The molecule has 5 rings (SSSR count). The Morgan fingerprint density at radius 3 is 2.72 bits per heavy atom. The third kappa shape index (κ3) is 7.99. The maximum Gasteiger partial charge on any atom is 0.326 e. The number of ether oxygens (including phenoxy) is 2. The summed E-state index contributed by atoms with van der Waals surface area (Å²) >= 11 is 7.45. The van der Waals surface area contributed by atoms with E-state index < -0.39 is 14.1 Å². The van der Waals surface area contributed by atoms with Crippen LogP contribution in [-0.2, 0) is 18.8 Å². The summed E-state index contributed by atoms with van der Waals surface area (Å²) < 4.78 is 26.5. The molecule has 1 aromatic carbocycles. The van der Waals surface area contributed by atoms with E-state index in [-0.39, 0.29) is 42.9 Å². The van der Waals surface area contributed by atoms with E-state index in [9.17, 15) is 4.79 Å². The van der Waals surface area contributed by atoms with Crippen molar-refractivity contribution < 1.29 is 23.3 Å². The molecule has 13 nitrogen and oxygen atoms in total. The smallest absolute Gasteiger partial charge is 0.326 e. The Kier molecular flexibility index (Phi) is 10.5. The van der Waals surface area contributed by atoms with E-state index in [4.69, 9.17) is 35.9 Å². The maximum atomic E-state index is 13.1. The summed E-state index contributed by atoms with van der Waals surface area (Å²) in [6, 6.07) is 6.98. The average Bonchev–Trinajstić information content (AvgIpc) is 3.71. The van der Waals surface area contributed by atoms with Crippen LogP contribution in [0.2, 0.25) is 5.02 Å². The highest BCUT2D eigenvalue weighted by Crippen LogP contribution is 2.42. The van der Waals surface area contributed by atoms with Crippen LogP contribution in [0, 0.1) is 5.92 Å².